The van der Waals surface area contributed by atoms with Crippen LogP contribution in [0.3, 0.4) is 0 Å². The van der Waals surface area contributed by atoms with Crippen LogP contribution in [0.25, 0.3) is 5.82 Å². The van der Waals surface area contributed by atoms with Gasteiger partial charge >= 0.3 is 6.18 Å². The van der Waals surface area contributed by atoms with Crippen molar-refractivity contribution in [1.29, 1.82) is 0 Å². The fourth-order valence-electron chi connectivity index (χ4n) is 1.50. The highest BCUT2D eigenvalue weighted by molar-refractivity contribution is 7.80. The van der Waals surface area contributed by atoms with Crippen LogP contribution in [-0.2, 0) is 6.18 Å². The lowest BCUT2D eigenvalue weighted by atomic mass is 10.3. The highest BCUT2D eigenvalue weighted by Gasteiger charge is 2.32. The molecule has 0 amide bonds. The topological polar surface area (TPSA) is 43.8 Å². The van der Waals surface area contributed by atoms with E-state index >= 15 is 0 Å². The third kappa shape index (κ3) is 2.35. The molecule has 94 valence electrons. The van der Waals surface area contributed by atoms with Gasteiger partial charge in [0, 0.05) is 6.20 Å². The van der Waals surface area contributed by atoms with E-state index in [9.17, 15) is 13.2 Å². The van der Waals surface area contributed by atoms with Crippen LogP contribution in [0.2, 0.25) is 0 Å². The molecule has 0 aliphatic carbocycles. The van der Waals surface area contributed by atoms with Crippen LogP contribution in [0, 0.1) is 0 Å². The van der Waals surface area contributed by atoms with Crippen LogP contribution in [0.1, 0.15) is 11.4 Å². The Morgan fingerprint density at radius 1 is 1.22 bits per heavy atom. The van der Waals surface area contributed by atoms with Crippen molar-refractivity contribution in [2.75, 3.05) is 0 Å². The molecule has 2 aromatic rings. The molecule has 0 fully saturated rings. The van der Waals surface area contributed by atoms with Gasteiger partial charge in [0.05, 0.1) is 5.69 Å². The van der Waals surface area contributed by atoms with Gasteiger partial charge in [-0.25, -0.2) is 4.98 Å². The van der Waals surface area contributed by atoms with Crippen molar-refractivity contribution in [2.45, 2.75) is 6.18 Å². The smallest absolute Gasteiger partial charge is 0.388 e. The Labute approximate surface area is 106 Å². The van der Waals surface area contributed by atoms with Crippen molar-refractivity contribution in [1.82, 2.24) is 9.55 Å². The molecule has 2 aromatic heterocycles. The molecule has 2 rings (SSSR count). The zero-order valence-corrected chi connectivity index (χ0v) is 9.79. The maximum absolute atomic E-state index is 12.5. The monoisotopic (exact) mass is 271 g/mol. The Kier molecular flexibility index (Phi) is 3.08. The Morgan fingerprint density at radius 2 is 1.94 bits per heavy atom. The number of halogens is 3. The number of hydrogen-bond acceptors (Lipinski definition) is 2. The number of pyridine rings is 1. The maximum Gasteiger partial charge on any atom is 0.433 e. The van der Waals surface area contributed by atoms with E-state index in [0.717, 1.165) is 6.07 Å². The molecule has 0 aliphatic heterocycles. The summed E-state index contributed by atoms with van der Waals surface area (Å²) >= 11 is 4.82. The first-order valence-electron chi connectivity index (χ1n) is 4.91. The number of hydrogen-bond donors (Lipinski definition) is 1. The third-order valence-corrected chi connectivity index (χ3v) is 2.48. The number of rotatable bonds is 2. The summed E-state index contributed by atoms with van der Waals surface area (Å²) in [6.45, 7) is 0. The molecule has 0 radical (unpaired) electrons. The Bertz CT molecular complexity index is 589. The summed E-state index contributed by atoms with van der Waals surface area (Å²) in [7, 11) is 0. The first-order chi connectivity index (χ1) is 8.39. The third-order valence-electron chi connectivity index (χ3n) is 2.27. The van der Waals surface area contributed by atoms with Crippen LogP contribution in [0.5, 0.6) is 0 Å². The van der Waals surface area contributed by atoms with Crippen LogP contribution in [0.15, 0.2) is 36.5 Å². The van der Waals surface area contributed by atoms with E-state index in [2.05, 4.69) is 4.98 Å². The molecule has 0 spiro atoms. The zero-order valence-electron chi connectivity index (χ0n) is 8.98. The van der Waals surface area contributed by atoms with E-state index in [1.54, 1.807) is 18.3 Å². The average Bonchev–Trinajstić information content (AvgIpc) is 2.77. The lowest BCUT2D eigenvalue weighted by Crippen LogP contribution is -2.16. The van der Waals surface area contributed by atoms with E-state index in [1.165, 1.54) is 16.7 Å². The van der Waals surface area contributed by atoms with Crippen molar-refractivity contribution in [2.24, 2.45) is 5.73 Å². The minimum absolute atomic E-state index is 0.0965. The van der Waals surface area contributed by atoms with Crippen molar-refractivity contribution in [3.63, 3.8) is 0 Å². The molecule has 0 bridgehead atoms. The minimum Gasteiger partial charge on any atom is -0.388 e. The quantitative estimate of drug-likeness (QED) is 0.854. The van der Waals surface area contributed by atoms with Crippen LogP contribution >= 0.6 is 12.2 Å². The van der Waals surface area contributed by atoms with Gasteiger partial charge in [-0.05, 0) is 24.3 Å². The van der Waals surface area contributed by atoms with Gasteiger partial charge in [-0.1, -0.05) is 18.3 Å². The summed E-state index contributed by atoms with van der Waals surface area (Å²) in [5, 5.41) is 0. The molecule has 2 heterocycles. The van der Waals surface area contributed by atoms with E-state index in [0.29, 0.717) is 5.69 Å². The first kappa shape index (κ1) is 12.6. The summed E-state index contributed by atoms with van der Waals surface area (Å²) < 4.78 is 39.1. The van der Waals surface area contributed by atoms with Gasteiger partial charge in [0.1, 0.15) is 16.5 Å². The number of nitrogens with zero attached hydrogens (tertiary/aromatic N) is 2. The number of nitrogens with two attached hydrogens (primary N) is 1. The van der Waals surface area contributed by atoms with Gasteiger partial charge in [0.25, 0.3) is 0 Å². The van der Waals surface area contributed by atoms with Gasteiger partial charge in [-0.15, -0.1) is 0 Å². The van der Waals surface area contributed by atoms with E-state index in [-0.39, 0.29) is 10.8 Å². The summed E-state index contributed by atoms with van der Waals surface area (Å²) in [5.41, 5.74) is 4.97. The lowest BCUT2D eigenvalue weighted by molar-refractivity contribution is -0.141. The Hall–Kier alpha value is -1.89. The van der Waals surface area contributed by atoms with Crippen LogP contribution in [0.4, 0.5) is 13.2 Å². The Balaban J connectivity index is 2.52. The molecule has 7 heteroatoms. The normalized spacial score (nSPS) is 11.5. The standard InChI is InChI=1S/C11H8F3N3S/c12-11(13,14)8-4-1-5-9(16-8)17-6-2-3-7(17)10(15)18/h1-6H,(H2,15,18). The molecule has 3 nitrogen and oxygen atoms in total. The first-order valence-corrected chi connectivity index (χ1v) is 5.32. The predicted octanol–water partition coefficient (Wildman–Crippen LogP) is 2.53. The van der Waals surface area contributed by atoms with E-state index in [1.807, 2.05) is 0 Å². The van der Waals surface area contributed by atoms with Crippen LogP contribution in [-0.4, -0.2) is 14.5 Å². The second-order valence-corrected chi connectivity index (χ2v) is 3.95. The molecule has 0 aliphatic rings. The predicted molar refractivity (Wildman–Crippen MR) is 64.5 cm³/mol. The van der Waals surface area contributed by atoms with E-state index in [4.69, 9.17) is 18.0 Å². The maximum atomic E-state index is 12.5. The highest BCUT2D eigenvalue weighted by Crippen LogP contribution is 2.28. The van der Waals surface area contributed by atoms with Crippen molar-refractivity contribution >= 4 is 17.2 Å². The molecule has 0 atom stereocenters. The summed E-state index contributed by atoms with van der Waals surface area (Å²) in [4.78, 5) is 3.65. The second-order valence-electron chi connectivity index (χ2n) is 3.51. The van der Waals surface area contributed by atoms with Gasteiger partial charge in [0.2, 0.25) is 0 Å². The molecule has 0 unspecified atom stereocenters. The fourth-order valence-corrected chi connectivity index (χ4v) is 1.66. The summed E-state index contributed by atoms with van der Waals surface area (Å²) in [6, 6.07) is 6.90. The van der Waals surface area contributed by atoms with Gasteiger partial charge in [0.15, 0.2) is 0 Å². The molecule has 2 N–H and O–H groups in total. The lowest BCUT2D eigenvalue weighted by Gasteiger charge is -2.10. The van der Waals surface area contributed by atoms with Crippen molar-refractivity contribution < 1.29 is 13.2 Å². The summed E-state index contributed by atoms with van der Waals surface area (Å²) in [5.74, 6) is 0.123. The number of thiocarbonyl (C=S) groups is 1. The Morgan fingerprint density at radius 3 is 2.56 bits per heavy atom. The molecule has 0 aromatic carbocycles. The van der Waals surface area contributed by atoms with Gasteiger partial charge in [-0.3, -0.25) is 4.57 Å². The largest absolute Gasteiger partial charge is 0.433 e. The van der Waals surface area contributed by atoms with Gasteiger partial charge < -0.3 is 5.73 Å². The molecule has 0 saturated carbocycles. The second kappa shape index (κ2) is 4.41. The molecule has 18 heavy (non-hydrogen) atoms. The molecular weight excluding hydrogens is 263 g/mol. The van der Waals surface area contributed by atoms with Crippen molar-refractivity contribution in [3.8, 4) is 5.82 Å². The number of alkyl halides is 3. The SMILES string of the molecule is NC(=S)c1cccn1-c1cccc(C(F)(F)F)n1. The fraction of sp³-hybridized carbons (Fsp3) is 0.0909. The minimum atomic E-state index is -4.48. The summed E-state index contributed by atoms with van der Waals surface area (Å²) in [6.07, 6.45) is -2.93. The van der Waals surface area contributed by atoms with E-state index < -0.39 is 11.9 Å². The molecular formula is C11H8F3N3S. The van der Waals surface area contributed by atoms with Gasteiger partial charge in [-0.2, -0.15) is 13.2 Å². The average molecular weight is 271 g/mol. The highest BCUT2D eigenvalue weighted by atomic mass is 32.1. The van der Waals surface area contributed by atoms with Crippen molar-refractivity contribution in [3.05, 3.63) is 47.9 Å². The molecule has 0 saturated heterocycles. The number of aromatic nitrogens is 2. The zero-order chi connectivity index (χ0) is 13.3. The van der Waals surface area contributed by atoms with Crippen LogP contribution < -0.4 is 5.73 Å².